The Hall–Kier alpha value is -2.66. The van der Waals surface area contributed by atoms with Crippen LogP contribution >= 0.6 is 11.3 Å². The van der Waals surface area contributed by atoms with Crippen molar-refractivity contribution in [1.82, 2.24) is 4.98 Å². The highest BCUT2D eigenvalue weighted by Crippen LogP contribution is 2.24. The predicted molar refractivity (Wildman–Crippen MR) is 83.6 cm³/mol. The normalized spacial score (nSPS) is 10.1. The summed E-state index contributed by atoms with van der Waals surface area (Å²) < 4.78 is 5.15. The number of carbonyl (C=O) groups excluding carboxylic acids is 1. The van der Waals surface area contributed by atoms with E-state index >= 15 is 0 Å². The molecule has 0 radical (unpaired) electrons. The van der Waals surface area contributed by atoms with Gasteiger partial charge in [-0.2, -0.15) is 0 Å². The fourth-order valence-corrected chi connectivity index (χ4v) is 2.49. The molecule has 1 aromatic heterocycles. The summed E-state index contributed by atoms with van der Waals surface area (Å²) >= 11 is 1.36. The van der Waals surface area contributed by atoms with Crippen molar-refractivity contribution in [3.63, 3.8) is 0 Å². The first-order valence-electron chi connectivity index (χ1n) is 6.36. The third-order valence-corrected chi connectivity index (χ3v) is 3.49. The van der Waals surface area contributed by atoms with E-state index in [1.165, 1.54) is 11.3 Å². The Morgan fingerprint density at radius 3 is 2.38 bits per heavy atom. The minimum Gasteiger partial charge on any atom is -0.410 e. The molecule has 0 fully saturated rings. The Kier molecular flexibility index (Phi) is 3.93. The number of hydrogen-bond acceptors (Lipinski definition) is 4. The lowest BCUT2D eigenvalue weighted by molar-refractivity contribution is 0.215. The van der Waals surface area contributed by atoms with Crippen LogP contribution in [0.1, 0.15) is 0 Å². The molecule has 21 heavy (non-hydrogen) atoms. The second-order valence-corrected chi connectivity index (χ2v) is 5.09. The zero-order chi connectivity index (χ0) is 14.5. The molecule has 0 aliphatic heterocycles. The molecule has 1 N–H and O–H groups in total. The third kappa shape index (κ3) is 3.46. The van der Waals surface area contributed by atoms with Crippen molar-refractivity contribution in [2.45, 2.75) is 0 Å². The summed E-state index contributed by atoms with van der Waals surface area (Å²) in [4.78, 5) is 16.1. The maximum atomic E-state index is 11.8. The molecule has 1 heterocycles. The van der Waals surface area contributed by atoms with Crippen molar-refractivity contribution in [1.29, 1.82) is 0 Å². The van der Waals surface area contributed by atoms with E-state index in [2.05, 4.69) is 10.3 Å². The monoisotopic (exact) mass is 296 g/mol. The number of anilines is 1. The van der Waals surface area contributed by atoms with Crippen LogP contribution in [0.4, 0.5) is 9.93 Å². The third-order valence-electron chi connectivity index (χ3n) is 2.74. The average molecular weight is 296 g/mol. The molecule has 0 aliphatic rings. The molecule has 0 aliphatic carbocycles. The van der Waals surface area contributed by atoms with Gasteiger partial charge in [0, 0.05) is 10.9 Å². The average Bonchev–Trinajstić information content (AvgIpc) is 2.97. The molecule has 0 spiro atoms. The van der Waals surface area contributed by atoms with E-state index in [1.54, 1.807) is 24.3 Å². The molecule has 0 atom stereocenters. The molecule has 0 unspecified atom stereocenters. The molecule has 5 heteroatoms. The topological polar surface area (TPSA) is 51.2 Å². The SMILES string of the molecule is O=C(Nc1nc(-c2ccccc2)cs1)Oc1ccccc1. The van der Waals surface area contributed by atoms with Crippen LogP contribution in [0.3, 0.4) is 0 Å². The number of nitrogens with one attached hydrogen (secondary N) is 1. The van der Waals surface area contributed by atoms with E-state index in [-0.39, 0.29) is 0 Å². The van der Waals surface area contributed by atoms with Gasteiger partial charge < -0.3 is 4.74 Å². The Morgan fingerprint density at radius 2 is 1.67 bits per heavy atom. The maximum absolute atomic E-state index is 11.8. The predicted octanol–water partition coefficient (Wildman–Crippen LogP) is 4.42. The zero-order valence-electron chi connectivity index (χ0n) is 11.0. The number of benzene rings is 2. The van der Waals surface area contributed by atoms with E-state index in [0.29, 0.717) is 10.9 Å². The van der Waals surface area contributed by atoms with Gasteiger partial charge in [-0.1, -0.05) is 48.5 Å². The molecule has 0 bridgehead atoms. The zero-order valence-corrected chi connectivity index (χ0v) is 11.8. The second-order valence-electron chi connectivity index (χ2n) is 4.23. The van der Waals surface area contributed by atoms with Crippen LogP contribution in [0.2, 0.25) is 0 Å². The number of ether oxygens (including phenoxy) is 1. The van der Waals surface area contributed by atoms with Crippen LogP contribution < -0.4 is 10.1 Å². The van der Waals surface area contributed by atoms with Crippen LogP contribution in [0.25, 0.3) is 11.3 Å². The van der Waals surface area contributed by atoms with Gasteiger partial charge in [0.25, 0.3) is 0 Å². The highest BCUT2D eigenvalue weighted by molar-refractivity contribution is 7.14. The quantitative estimate of drug-likeness (QED) is 0.778. The number of para-hydroxylation sites is 1. The van der Waals surface area contributed by atoms with Gasteiger partial charge in [-0.15, -0.1) is 11.3 Å². The minimum absolute atomic E-state index is 0.495. The van der Waals surface area contributed by atoms with E-state index < -0.39 is 6.09 Å². The summed E-state index contributed by atoms with van der Waals surface area (Å²) in [7, 11) is 0. The van der Waals surface area contributed by atoms with Crippen LogP contribution in [0.15, 0.2) is 66.0 Å². The number of carbonyl (C=O) groups is 1. The van der Waals surface area contributed by atoms with E-state index in [9.17, 15) is 4.79 Å². The van der Waals surface area contributed by atoms with Crippen molar-refractivity contribution in [3.8, 4) is 17.0 Å². The molecular weight excluding hydrogens is 284 g/mol. The number of amides is 1. The molecule has 0 saturated heterocycles. The van der Waals surface area contributed by atoms with Crippen molar-refractivity contribution in [3.05, 3.63) is 66.0 Å². The van der Waals surface area contributed by atoms with Crippen LogP contribution in [0, 0.1) is 0 Å². The van der Waals surface area contributed by atoms with Crippen LogP contribution in [-0.4, -0.2) is 11.1 Å². The van der Waals surface area contributed by atoms with E-state index in [0.717, 1.165) is 11.3 Å². The number of thiazole rings is 1. The van der Waals surface area contributed by atoms with Crippen molar-refractivity contribution < 1.29 is 9.53 Å². The summed E-state index contributed by atoms with van der Waals surface area (Å²) in [6.45, 7) is 0. The Labute approximate surface area is 126 Å². The smallest absolute Gasteiger partial charge is 0.410 e. The molecule has 1 amide bonds. The van der Waals surface area contributed by atoms with Gasteiger partial charge in [-0.3, -0.25) is 5.32 Å². The van der Waals surface area contributed by atoms with Crippen molar-refractivity contribution in [2.75, 3.05) is 5.32 Å². The summed E-state index contributed by atoms with van der Waals surface area (Å²) in [6, 6.07) is 18.7. The Bertz CT molecular complexity index is 726. The molecule has 3 aromatic rings. The lowest BCUT2D eigenvalue weighted by Crippen LogP contribution is -2.16. The highest BCUT2D eigenvalue weighted by Gasteiger charge is 2.09. The van der Waals surface area contributed by atoms with Gasteiger partial charge in [0.05, 0.1) is 5.69 Å². The number of aromatic nitrogens is 1. The minimum atomic E-state index is -0.546. The highest BCUT2D eigenvalue weighted by atomic mass is 32.1. The van der Waals surface area contributed by atoms with Crippen LogP contribution in [-0.2, 0) is 0 Å². The van der Waals surface area contributed by atoms with Gasteiger partial charge in [-0.05, 0) is 12.1 Å². The summed E-state index contributed by atoms with van der Waals surface area (Å²) in [5, 5.41) is 5.03. The lowest BCUT2D eigenvalue weighted by atomic mass is 10.2. The summed E-state index contributed by atoms with van der Waals surface area (Å²) in [6.07, 6.45) is -0.546. The van der Waals surface area contributed by atoms with Crippen molar-refractivity contribution >= 4 is 22.6 Å². The van der Waals surface area contributed by atoms with E-state index in [1.807, 2.05) is 41.8 Å². The summed E-state index contributed by atoms with van der Waals surface area (Å²) in [5.74, 6) is 0.495. The number of nitrogens with zero attached hydrogens (tertiary/aromatic N) is 1. The fourth-order valence-electron chi connectivity index (χ4n) is 1.78. The fraction of sp³-hybridized carbons (Fsp3) is 0. The van der Waals surface area contributed by atoms with Crippen molar-refractivity contribution in [2.24, 2.45) is 0 Å². The van der Waals surface area contributed by atoms with Gasteiger partial charge >= 0.3 is 6.09 Å². The second kappa shape index (κ2) is 6.19. The first-order chi connectivity index (χ1) is 10.3. The molecule has 3 rings (SSSR count). The summed E-state index contributed by atoms with van der Waals surface area (Å²) in [5.41, 5.74) is 1.84. The first kappa shape index (κ1) is 13.3. The number of rotatable bonds is 3. The van der Waals surface area contributed by atoms with Gasteiger partial charge in [0.1, 0.15) is 5.75 Å². The van der Waals surface area contributed by atoms with Gasteiger partial charge in [-0.25, -0.2) is 9.78 Å². The lowest BCUT2D eigenvalue weighted by Gasteiger charge is -2.03. The van der Waals surface area contributed by atoms with Gasteiger partial charge in [0.2, 0.25) is 0 Å². The molecule has 4 nitrogen and oxygen atoms in total. The Balaban J connectivity index is 1.66. The Morgan fingerprint density at radius 1 is 1.00 bits per heavy atom. The standard InChI is InChI=1S/C16H12N2O2S/c19-16(20-13-9-5-2-6-10-13)18-15-17-14(11-21-15)12-7-3-1-4-8-12/h1-11H,(H,17,18,19). The molecule has 2 aromatic carbocycles. The maximum Gasteiger partial charge on any atom is 0.418 e. The van der Waals surface area contributed by atoms with E-state index in [4.69, 9.17) is 4.74 Å². The molecule has 0 saturated carbocycles. The van der Waals surface area contributed by atoms with Crippen LogP contribution in [0.5, 0.6) is 5.75 Å². The first-order valence-corrected chi connectivity index (χ1v) is 7.24. The molecular formula is C16H12N2O2S. The number of hydrogen-bond donors (Lipinski definition) is 1. The van der Waals surface area contributed by atoms with Gasteiger partial charge in [0.15, 0.2) is 5.13 Å². The molecule has 104 valence electrons. The largest absolute Gasteiger partial charge is 0.418 e.